The van der Waals surface area contributed by atoms with E-state index in [-0.39, 0.29) is 12.5 Å². The molecule has 0 radical (unpaired) electrons. The Kier molecular flexibility index (Phi) is 11.9. The SMILES string of the molecule is CCCCNC(=O)[C@@H](CC)N(Cc1ccc(Cl)c(Cl)c1)C(=O)CN(c1cc(C)ccc1C)S(=O)(=O)N(C)C. The minimum absolute atomic E-state index is 0.0536. The molecule has 38 heavy (non-hydrogen) atoms. The van der Waals surface area contributed by atoms with Crippen LogP contribution in [-0.4, -0.2) is 62.7 Å². The molecule has 210 valence electrons. The summed E-state index contributed by atoms with van der Waals surface area (Å²) >= 11 is 12.3. The lowest BCUT2D eigenvalue weighted by Crippen LogP contribution is -2.53. The predicted octanol–water partition coefficient (Wildman–Crippen LogP) is 4.95. The molecule has 0 saturated carbocycles. The number of unbranched alkanes of at least 4 members (excludes halogenated alkanes) is 1. The number of carbonyl (C=O) groups is 2. The monoisotopic (exact) mass is 584 g/mol. The lowest BCUT2D eigenvalue weighted by Gasteiger charge is -2.34. The van der Waals surface area contributed by atoms with Crippen molar-refractivity contribution in [2.75, 3.05) is 31.5 Å². The molecule has 8 nitrogen and oxygen atoms in total. The van der Waals surface area contributed by atoms with Gasteiger partial charge in [-0.05, 0) is 61.6 Å². The smallest absolute Gasteiger partial charge is 0.304 e. The molecule has 2 amide bonds. The third kappa shape index (κ3) is 8.09. The Morgan fingerprint density at radius 1 is 1.00 bits per heavy atom. The first-order chi connectivity index (χ1) is 17.8. The number of halogens is 2. The summed E-state index contributed by atoms with van der Waals surface area (Å²) in [4.78, 5) is 28.5. The van der Waals surface area contributed by atoms with Gasteiger partial charge in [-0.25, -0.2) is 4.31 Å². The van der Waals surface area contributed by atoms with Crippen molar-refractivity contribution in [3.8, 4) is 0 Å². The molecule has 0 fully saturated rings. The molecule has 11 heteroatoms. The topological polar surface area (TPSA) is 90.0 Å². The van der Waals surface area contributed by atoms with Gasteiger partial charge in [0.1, 0.15) is 12.6 Å². The largest absolute Gasteiger partial charge is 0.354 e. The van der Waals surface area contributed by atoms with Crippen molar-refractivity contribution in [3.05, 3.63) is 63.1 Å². The van der Waals surface area contributed by atoms with Gasteiger partial charge in [0.2, 0.25) is 11.8 Å². The molecule has 0 bridgehead atoms. The van der Waals surface area contributed by atoms with Crippen LogP contribution < -0.4 is 9.62 Å². The fourth-order valence-electron chi connectivity index (χ4n) is 3.95. The summed E-state index contributed by atoms with van der Waals surface area (Å²) in [6.07, 6.45) is 2.06. The summed E-state index contributed by atoms with van der Waals surface area (Å²) in [5, 5.41) is 3.60. The van der Waals surface area contributed by atoms with Crippen LogP contribution in [0.5, 0.6) is 0 Å². The van der Waals surface area contributed by atoms with Gasteiger partial charge in [-0.1, -0.05) is 61.7 Å². The molecular formula is C27H38Cl2N4O4S. The second-order valence-corrected chi connectivity index (χ2v) is 12.3. The second kappa shape index (κ2) is 14.2. The summed E-state index contributed by atoms with van der Waals surface area (Å²) < 4.78 is 29.0. The zero-order valence-corrected chi connectivity index (χ0v) is 25.3. The van der Waals surface area contributed by atoms with E-state index in [1.165, 1.54) is 19.0 Å². The minimum Gasteiger partial charge on any atom is -0.354 e. The standard InChI is InChI=1S/C27H38Cl2N4O4S/c1-7-9-14-30-27(35)24(8-2)32(17-21-12-13-22(28)23(29)16-21)26(34)18-33(38(36,37)31(5)6)25-15-19(3)10-11-20(25)4/h10-13,15-16,24H,7-9,14,17-18H2,1-6H3,(H,30,35)/t24-/m1/s1. The minimum atomic E-state index is -4.04. The normalized spacial score (nSPS) is 12.3. The maximum absolute atomic E-state index is 13.9. The van der Waals surface area contributed by atoms with Crippen molar-refractivity contribution in [3.63, 3.8) is 0 Å². The van der Waals surface area contributed by atoms with Crippen molar-refractivity contribution in [2.45, 2.75) is 59.5 Å². The van der Waals surface area contributed by atoms with Crippen LogP contribution in [0.2, 0.25) is 10.0 Å². The number of rotatable bonds is 13. The Balaban J connectivity index is 2.54. The van der Waals surface area contributed by atoms with Crippen LogP contribution in [0.3, 0.4) is 0 Å². The third-order valence-corrected chi connectivity index (χ3v) is 8.75. The number of hydrogen-bond donors (Lipinski definition) is 1. The van der Waals surface area contributed by atoms with Crippen LogP contribution in [0.4, 0.5) is 5.69 Å². The van der Waals surface area contributed by atoms with E-state index >= 15 is 0 Å². The molecular weight excluding hydrogens is 547 g/mol. The van der Waals surface area contributed by atoms with E-state index in [0.717, 1.165) is 27.0 Å². The van der Waals surface area contributed by atoms with Crippen LogP contribution in [0.25, 0.3) is 0 Å². The van der Waals surface area contributed by atoms with Crippen LogP contribution >= 0.6 is 23.2 Å². The number of nitrogens with one attached hydrogen (secondary N) is 1. The molecule has 0 aliphatic rings. The molecule has 0 heterocycles. The highest BCUT2D eigenvalue weighted by atomic mass is 35.5. The van der Waals surface area contributed by atoms with Gasteiger partial charge < -0.3 is 10.2 Å². The summed E-state index contributed by atoms with van der Waals surface area (Å²) in [7, 11) is -1.20. The first-order valence-electron chi connectivity index (χ1n) is 12.6. The van der Waals surface area contributed by atoms with Gasteiger partial charge in [0.25, 0.3) is 0 Å². The zero-order valence-electron chi connectivity index (χ0n) is 22.9. The Bertz CT molecular complexity index is 1240. The van der Waals surface area contributed by atoms with Crippen molar-refractivity contribution >= 4 is 50.9 Å². The highest BCUT2D eigenvalue weighted by Gasteiger charge is 2.34. The van der Waals surface area contributed by atoms with E-state index in [0.29, 0.717) is 39.8 Å². The average molecular weight is 586 g/mol. The number of hydrogen-bond acceptors (Lipinski definition) is 4. The molecule has 0 aliphatic heterocycles. The Morgan fingerprint density at radius 3 is 2.26 bits per heavy atom. The maximum Gasteiger partial charge on any atom is 0.304 e. The quantitative estimate of drug-likeness (QED) is 0.337. The average Bonchev–Trinajstić information content (AvgIpc) is 2.86. The fourth-order valence-corrected chi connectivity index (χ4v) is 5.38. The molecule has 2 aromatic rings. The Hall–Kier alpha value is -2.33. The second-order valence-electron chi connectivity index (χ2n) is 9.43. The maximum atomic E-state index is 13.9. The third-order valence-electron chi connectivity index (χ3n) is 6.20. The number of aryl methyl sites for hydroxylation is 2. The first-order valence-corrected chi connectivity index (χ1v) is 14.8. The van der Waals surface area contributed by atoms with E-state index in [1.54, 1.807) is 31.2 Å². The van der Waals surface area contributed by atoms with Crippen molar-refractivity contribution < 1.29 is 18.0 Å². The van der Waals surface area contributed by atoms with Crippen molar-refractivity contribution in [2.24, 2.45) is 0 Å². The van der Waals surface area contributed by atoms with E-state index in [1.807, 2.05) is 32.9 Å². The van der Waals surface area contributed by atoms with Crippen molar-refractivity contribution in [1.29, 1.82) is 0 Å². The molecule has 0 unspecified atom stereocenters. The number of anilines is 1. The molecule has 0 spiro atoms. The Morgan fingerprint density at radius 2 is 1.68 bits per heavy atom. The number of carbonyl (C=O) groups excluding carboxylic acids is 2. The van der Waals surface area contributed by atoms with Crippen molar-refractivity contribution in [1.82, 2.24) is 14.5 Å². The molecule has 2 aromatic carbocycles. The van der Waals surface area contributed by atoms with Crippen LogP contribution in [0.1, 0.15) is 49.8 Å². The molecule has 0 saturated heterocycles. The van der Waals surface area contributed by atoms with E-state index in [4.69, 9.17) is 23.2 Å². The molecule has 0 aliphatic carbocycles. The van der Waals surface area contributed by atoms with Gasteiger partial charge in [0.05, 0.1) is 15.7 Å². The highest BCUT2D eigenvalue weighted by Crippen LogP contribution is 2.27. The number of benzene rings is 2. The van der Waals surface area contributed by atoms with Crippen LogP contribution in [-0.2, 0) is 26.3 Å². The number of amides is 2. The lowest BCUT2D eigenvalue weighted by molar-refractivity contribution is -0.140. The molecule has 2 rings (SSSR count). The highest BCUT2D eigenvalue weighted by molar-refractivity contribution is 7.90. The lowest BCUT2D eigenvalue weighted by atomic mass is 10.1. The van der Waals surface area contributed by atoms with Gasteiger partial charge >= 0.3 is 10.2 Å². The van der Waals surface area contributed by atoms with Crippen LogP contribution in [0.15, 0.2) is 36.4 Å². The zero-order chi connectivity index (χ0) is 28.6. The van der Waals surface area contributed by atoms with E-state index in [2.05, 4.69) is 5.32 Å². The summed E-state index contributed by atoms with van der Waals surface area (Å²) in [5.74, 6) is -0.803. The Labute approximate surface area is 237 Å². The predicted molar refractivity (Wildman–Crippen MR) is 155 cm³/mol. The van der Waals surface area contributed by atoms with Gasteiger partial charge in [0.15, 0.2) is 0 Å². The molecule has 1 atom stereocenters. The van der Waals surface area contributed by atoms with Gasteiger partial charge in [-0.3, -0.25) is 9.59 Å². The molecule has 1 N–H and O–H groups in total. The number of nitrogens with zero attached hydrogens (tertiary/aromatic N) is 3. The molecule has 0 aromatic heterocycles. The van der Waals surface area contributed by atoms with Crippen LogP contribution in [0, 0.1) is 13.8 Å². The van der Waals surface area contributed by atoms with Gasteiger partial charge in [-0.2, -0.15) is 12.7 Å². The summed E-state index contributed by atoms with van der Waals surface area (Å²) in [6, 6.07) is 9.63. The van der Waals surface area contributed by atoms with Gasteiger partial charge in [0, 0.05) is 27.2 Å². The fraction of sp³-hybridized carbons (Fsp3) is 0.481. The van der Waals surface area contributed by atoms with E-state index in [9.17, 15) is 18.0 Å². The van der Waals surface area contributed by atoms with Gasteiger partial charge in [-0.15, -0.1) is 0 Å². The summed E-state index contributed by atoms with van der Waals surface area (Å²) in [5.41, 5.74) is 2.63. The summed E-state index contributed by atoms with van der Waals surface area (Å²) in [6.45, 7) is 7.55. The van der Waals surface area contributed by atoms with E-state index < -0.39 is 28.7 Å². The first kappa shape index (κ1) is 31.9.